The fourth-order valence-electron chi connectivity index (χ4n) is 4.02. The molecule has 0 aliphatic carbocycles. The Labute approximate surface area is 213 Å². The number of benzene rings is 1. The van der Waals surface area contributed by atoms with E-state index in [0.717, 1.165) is 24.6 Å². The van der Waals surface area contributed by atoms with Crippen molar-refractivity contribution in [2.24, 2.45) is 0 Å². The van der Waals surface area contributed by atoms with Gasteiger partial charge in [-0.05, 0) is 57.2 Å². The van der Waals surface area contributed by atoms with E-state index in [1.165, 1.54) is 12.1 Å². The van der Waals surface area contributed by atoms with Gasteiger partial charge in [0.15, 0.2) is 0 Å². The normalized spacial score (nSPS) is 12.7. The molecule has 0 saturated heterocycles. The predicted molar refractivity (Wildman–Crippen MR) is 135 cm³/mol. The average molecular weight is 513 g/mol. The highest BCUT2D eigenvalue weighted by atomic mass is 35.5. The van der Waals surface area contributed by atoms with Gasteiger partial charge >= 0.3 is 0 Å². The largest absolute Gasteiger partial charge is 0.473 e. The maximum absolute atomic E-state index is 13.4. The third-order valence-corrected chi connectivity index (χ3v) is 5.66. The molecular formula is C25H26ClFN6O3. The number of amides is 1. The summed E-state index contributed by atoms with van der Waals surface area (Å²) in [7, 11) is 0. The number of carbonyl (C=O) groups is 1. The molecule has 1 aromatic carbocycles. The van der Waals surface area contributed by atoms with Crippen LogP contribution in [0, 0.1) is 12.7 Å². The van der Waals surface area contributed by atoms with E-state index >= 15 is 0 Å². The van der Waals surface area contributed by atoms with Gasteiger partial charge in [-0.1, -0.05) is 5.16 Å². The molecule has 9 nitrogen and oxygen atoms in total. The van der Waals surface area contributed by atoms with Gasteiger partial charge in [0.1, 0.15) is 34.3 Å². The van der Waals surface area contributed by atoms with Crippen LogP contribution in [0.25, 0.3) is 22.6 Å². The minimum Gasteiger partial charge on any atom is -0.473 e. The lowest BCUT2D eigenvalue weighted by Gasteiger charge is -2.18. The third kappa shape index (κ3) is 4.95. The van der Waals surface area contributed by atoms with Gasteiger partial charge in [0, 0.05) is 18.7 Å². The molecule has 4 aromatic rings. The van der Waals surface area contributed by atoms with Crippen LogP contribution < -0.4 is 15.4 Å². The van der Waals surface area contributed by atoms with Crippen LogP contribution in [0.1, 0.15) is 35.8 Å². The number of halogens is 2. The number of fused-ring (bicyclic) bond motifs is 1. The fourth-order valence-corrected chi connectivity index (χ4v) is 4.02. The number of ether oxygens (including phenoxy) is 1. The molecule has 3 aromatic heterocycles. The second-order valence-electron chi connectivity index (χ2n) is 8.53. The zero-order valence-electron chi connectivity index (χ0n) is 20.0. The highest BCUT2D eigenvalue weighted by Gasteiger charge is 2.24. The number of hydrogen-bond acceptors (Lipinski definition) is 7. The topological polar surface area (TPSA) is 107 Å². The van der Waals surface area contributed by atoms with Crippen LogP contribution in [-0.2, 0) is 13.1 Å². The highest BCUT2D eigenvalue weighted by Crippen LogP contribution is 2.31. The molecule has 36 heavy (non-hydrogen) atoms. The minimum absolute atomic E-state index is 0. The number of aryl methyl sites for hydroxylation is 1. The molecule has 0 bridgehead atoms. The zero-order chi connectivity index (χ0) is 24.5. The summed E-state index contributed by atoms with van der Waals surface area (Å²) in [5, 5.41) is 10.2. The number of aromatic nitrogens is 4. The lowest BCUT2D eigenvalue weighted by atomic mass is 10.1. The van der Waals surface area contributed by atoms with Crippen molar-refractivity contribution >= 4 is 24.0 Å². The Kier molecular flexibility index (Phi) is 7.37. The molecule has 5 rings (SSSR count). The molecule has 2 N–H and O–H groups in total. The van der Waals surface area contributed by atoms with Crippen LogP contribution in [0.3, 0.4) is 0 Å². The Hall–Kier alpha value is -3.76. The van der Waals surface area contributed by atoms with Gasteiger partial charge in [-0.2, -0.15) is 0 Å². The highest BCUT2D eigenvalue weighted by molar-refractivity contribution is 6.09. The van der Waals surface area contributed by atoms with Gasteiger partial charge in [0.05, 0.1) is 30.2 Å². The second-order valence-corrected chi connectivity index (χ2v) is 8.53. The van der Waals surface area contributed by atoms with Gasteiger partial charge in [-0.15, -0.1) is 12.4 Å². The lowest BCUT2D eigenvalue weighted by Crippen LogP contribution is -2.28. The van der Waals surface area contributed by atoms with Crippen molar-refractivity contribution in [1.29, 1.82) is 0 Å². The summed E-state index contributed by atoms with van der Waals surface area (Å²) in [6.07, 6.45) is 1.64. The molecule has 188 valence electrons. The quantitative estimate of drug-likeness (QED) is 0.388. The summed E-state index contributed by atoms with van der Waals surface area (Å²) in [6, 6.07) is 9.31. The Bertz CT molecular complexity index is 1380. The van der Waals surface area contributed by atoms with Crippen molar-refractivity contribution in [2.45, 2.75) is 40.0 Å². The molecule has 0 radical (unpaired) electrons. The van der Waals surface area contributed by atoms with E-state index in [-0.39, 0.29) is 29.9 Å². The third-order valence-electron chi connectivity index (χ3n) is 5.66. The smallest absolute Gasteiger partial charge is 0.261 e. The molecule has 1 amide bonds. The number of nitrogens with zero attached hydrogens (tertiary/aromatic N) is 4. The molecule has 0 saturated carbocycles. The van der Waals surface area contributed by atoms with Gasteiger partial charge in [0.25, 0.3) is 5.91 Å². The molecule has 0 fully saturated rings. The lowest BCUT2D eigenvalue weighted by molar-refractivity contribution is 0.102. The molecule has 11 heteroatoms. The van der Waals surface area contributed by atoms with E-state index in [2.05, 4.69) is 25.3 Å². The van der Waals surface area contributed by atoms with E-state index in [1.54, 1.807) is 31.3 Å². The van der Waals surface area contributed by atoms with Crippen molar-refractivity contribution in [1.82, 2.24) is 25.0 Å². The van der Waals surface area contributed by atoms with Crippen LogP contribution in [0.4, 0.5) is 10.1 Å². The molecular weight excluding hydrogens is 487 g/mol. The van der Waals surface area contributed by atoms with Crippen molar-refractivity contribution in [2.75, 3.05) is 11.9 Å². The van der Waals surface area contributed by atoms with E-state index in [4.69, 9.17) is 14.2 Å². The number of pyridine rings is 1. The fraction of sp³-hybridized carbons (Fsp3) is 0.280. The Balaban J connectivity index is 0.00000304. The minimum atomic E-state index is -0.431. The Morgan fingerprint density at radius 2 is 2.00 bits per heavy atom. The Morgan fingerprint density at radius 3 is 2.75 bits per heavy atom. The summed E-state index contributed by atoms with van der Waals surface area (Å²) in [5.74, 6) is 0.786. The summed E-state index contributed by atoms with van der Waals surface area (Å²) >= 11 is 0. The monoisotopic (exact) mass is 512 g/mol. The van der Waals surface area contributed by atoms with Gasteiger partial charge < -0.3 is 24.5 Å². The van der Waals surface area contributed by atoms with Crippen molar-refractivity contribution in [3.8, 4) is 28.5 Å². The molecule has 0 spiro atoms. The summed E-state index contributed by atoms with van der Waals surface area (Å²) < 4.78 is 26.8. The summed E-state index contributed by atoms with van der Waals surface area (Å²) in [4.78, 5) is 22.5. The number of carbonyl (C=O) groups excluding carboxylic acids is 1. The molecule has 1 aliphatic heterocycles. The first-order valence-corrected chi connectivity index (χ1v) is 11.4. The molecule has 4 heterocycles. The standard InChI is InChI=1S/C25H25FN6O3.ClH/c1-14(2)34-25-19(9-8-18(30-25)20-12-28-21-13-27-10-11-32(20)21)29-24(33)22-15(3)35-31-23(22)16-4-6-17(26)7-5-16;/h4-9,12,14,27H,10-11,13H2,1-3H3,(H,29,33);1H. The first-order valence-electron chi connectivity index (χ1n) is 11.4. The van der Waals surface area contributed by atoms with Crippen LogP contribution in [0.2, 0.25) is 0 Å². The van der Waals surface area contributed by atoms with E-state index in [9.17, 15) is 9.18 Å². The van der Waals surface area contributed by atoms with Gasteiger partial charge in [-0.3, -0.25) is 4.79 Å². The zero-order valence-corrected chi connectivity index (χ0v) is 20.9. The first kappa shape index (κ1) is 25.3. The number of rotatable bonds is 6. The van der Waals surface area contributed by atoms with Crippen molar-refractivity contribution in [3.63, 3.8) is 0 Å². The summed E-state index contributed by atoms with van der Waals surface area (Å²) in [6.45, 7) is 7.79. The van der Waals surface area contributed by atoms with E-state index in [0.29, 0.717) is 40.8 Å². The van der Waals surface area contributed by atoms with E-state index in [1.807, 2.05) is 19.9 Å². The summed E-state index contributed by atoms with van der Waals surface area (Å²) in [5.41, 5.74) is 3.16. The van der Waals surface area contributed by atoms with Gasteiger partial charge in [-0.25, -0.2) is 14.4 Å². The molecule has 1 aliphatic rings. The molecule has 0 atom stereocenters. The van der Waals surface area contributed by atoms with Crippen LogP contribution in [-0.4, -0.2) is 38.2 Å². The van der Waals surface area contributed by atoms with Crippen molar-refractivity contribution in [3.05, 3.63) is 65.6 Å². The van der Waals surface area contributed by atoms with Crippen LogP contribution >= 0.6 is 12.4 Å². The van der Waals surface area contributed by atoms with Gasteiger partial charge in [0.2, 0.25) is 5.88 Å². The Morgan fingerprint density at radius 1 is 1.22 bits per heavy atom. The number of anilines is 1. The SMILES string of the molecule is Cc1onc(-c2ccc(F)cc2)c1C(=O)Nc1ccc(-c2cnc3n2CCNC3)nc1OC(C)C.Cl. The number of nitrogens with one attached hydrogen (secondary N) is 2. The first-order chi connectivity index (χ1) is 16.9. The molecule has 0 unspecified atom stereocenters. The van der Waals surface area contributed by atoms with E-state index < -0.39 is 5.91 Å². The van der Waals surface area contributed by atoms with Crippen LogP contribution in [0.5, 0.6) is 5.88 Å². The van der Waals surface area contributed by atoms with Crippen LogP contribution in [0.15, 0.2) is 47.1 Å². The maximum Gasteiger partial charge on any atom is 0.261 e. The average Bonchev–Trinajstić information content (AvgIpc) is 3.44. The maximum atomic E-state index is 13.4. The van der Waals surface area contributed by atoms with Crippen molar-refractivity contribution < 1.29 is 18.4 Å². The second kappa shape index (κ2) is 10.5. The number of imidazole rings is 1. The number of hydrogen-bond donors (Lipinski definition) is 2. The predicted octanol–water partition coefficient (Wildman–Crippen LogP) is 4.61.